The zero-order valence-electron chi connectivity index (χ0n) is 19.0. The maximum absolute atomic E-state index is 12.0. The number of benzene rings is 1. The topological polar surface area (TPSA) is 137 Å². The molecule has 2 heterocycles. The summed E-state index contributed by atoms with van der Waals surface area (Å²) in [5.74, 6) is -2.87. The number of aromatic nitrogens is 1. The molecule has 11 nitrogen and oxygen atoms in total. The highest BCUT2D eigenvalue weighted by Gasteiger charge is 2.54. The molecule has 0 spiro atoms. The van der Waals surface area contributed by atoms with Crippen molar-refractivity contribution in [2.24, 2.45) is 0 Å². The molecule has 188 valence electrons. The Balaban J connectivity index is 2.11. The molecule has 35 heavy (non-hydrogen) atoms. The Bertz CT molecular complexity index is 1160. The number of halogens is 2. The number of fused-ring (bicyclic) bond motifs is 1. The lowest BCUT2D eigenvalue weighted by molar-refractivity contribution is -0.328. The average Bonchev–Trinajstić information content (AvgIpc) is 2.74. The third-order valence-electron chi connectivity index (χ3n) is 4.63. The van der Waals surface area contributed by atoms with E-state index in [1.807, 2.05) is 22.6 Å². The molecule has 1 aliphatic heterocycles. The molecule has 3 rings (SSSR count). The van der Waals surface area contributed by atoms with Gasteiger partial charge in [0.2, 0.25) is 24.8 Å². The van der Waals surface area contributed by atoms with Gasteiger partial charge in [-0.1, -0.05) is 11.6 Å². The van der Waals surface area contributed by atoms with E-state index in [4.69, 9.17) is 40.0 Å². The van der Waals surface area contributed by atoms with Gasteiger partial charge in [-0.25, -0.2) is 0 Å². The SMILES string of the molecule is CC(=O)OC1OC(Oc2c(I)cc(Cl)c3cccnc23)C(OC(C)=O)C(OC(C)=O)C1OC(C)=O. The van der Waals surface area contributed by atoms with Gasteiger partial charge in [-0.05, 0) is 40.8 Å². The van der Waals surface area contributed by atoms with Gasteiger partial charge in [0.25, 0.3) is 0 Å². The first kappa shape index (κ1) is 26.9. The van der Waals surface area contributed by atoms with Crippen LogP contribution in [0.3, 0.4) is 0 Å². The number of hydrogen-bond donors (Lipinski definition) is 0. The Hall–Kier alpha value is -2.71. The summed E-state index contributed by atoms with van der Waals surface area (Å²) in [6.45, 7) is 4.46. The van der Waals surface area contributed by atoms with E-state index in [1.165, 1.54) is 6.20 Å². The van der Waals surface area contributed by atoms with Crippen molar-refractivity contribution in [3.8, 4) is 5.75 Å². The second-order valence-corrected chi connectivity index (χ2v) is 8.96. The number of nitrogens with zero attached hydrogens (tertiary/aromatic N) is 1. The summed E-state index contributed by atoms with van der Waals surface area (Å²) in [5, 5.41) is 1.01. The minimum absolute atomic E-state index is 0.224. The van der Waals surface area contributed by atoms with Crippen LogP contribution >= 0.6 is 34.2 Å². The summed E-state index contributed by atoms with van der Waals surface area (Å²) in [7, 11) is 0. The summed E-state index contributed by atoms with van der Waals surface area (Å²) in [4.78, 5) is 51.7. The molecule has 5 unspecified atom stereocenters. The van der Waals surface area contributed by atoms with Crippen LogP contribution < -0.4 is 4.74 Å². The van der Waals surface area contributed by atoms with Crippen LogP contribution in [0.1, 0.15) is 27.7 Å². The van der Waals surface area contributed by atoms with Crippen molar-refractivity contribution < 1.29 is 47.6 Å². The number of rotatable bonds is 6. The average molecular weight is 622 g/mol. The summed E-state index contributed by atoms with van der Waals surface area (Å²) >= 11 is 8.32. The van der Waals surface area contributed by atoms with Gasteiger partial charge in [-0.3, -0.25) is 28.9 Å². The second kappa shape index (κ2) is 11.4. The number of ether oxygens (including phenoxy) is 6. The third-order valence-corrected chi connectivity index (χ3v) is 5.74. The first-order valence-corrected chi connectivity index (χ1v) is 11.7. The highest BCUT2D eigenvalue weighted by molar-refractivity contribution is 14.1. The van der Waals surface area contributed by atoms with Gasteiger partial charge in [-0.2, -0.15) is 0 Å². The lowest BCUT2D eigenvalue weighted by Crippen LogP contribution is -2.63. The fourth-order valence-corrected chi connectivity index (χ4v) is 4.61. The summed E-state index contributed by atoms with van der Waals surface area (Å²) in [5.41, 5.74) is 0.379. The summed E-state index contributed by atoms with van der Waals surface area (Å²) in [6.07, 6.45) is -5.80. The molecule has 0 amide bonds. The Labute approximate surface area is 218 Å². The molecule has 0 radical (unpaired) electrons. The van der Waals surface area contributed by atoms with E-state index in [0.29, 0.717) is 19.5 Å². The normalized spacial score (nSPS) is 23.8. The number of esters is 4. The maximum atomic E-state index is 12.0. The minimum Gasteiger partial charge on any atom is -0.457 e. The van der Waals surface area contributed by atoms with E-state index in [1.54, 1.807) is 18.2 Å². The van der Waals surface area contributed by atoms with Crippen molar-refractivity contribution in [3.05, 3.63) is 33.0 Å². The second-order valence-electron chi connectivity index (χ2n) is 7.39. The van der Waals surface area contributed by atoms with Crippen molar-refractivity contribution >= 4 is 69.0 Å². The molecular weight excluding hydrogens is 601 g/mol. The van der Waals surface area contributed by atoms with Crippen molar-refractivity contribution in [2.75, 3.05) is 0 Å². The zero-order valence-corrected chi connectivity index (χ0v) is 21.9. The van der Waals surface area contributed by atoms with Gasteiger partial charge in [-0.15, -0.1) is 0 Å². The van der Waals surface area contributed by atoms with Crippen LogP contribution in [-0.4, -0.2) is 59.8 Å². The molecule has 13 heteroatoms. The molecule has 0 saturated carbocycles. The molecule has 5 atom stereocenters. The lowest BCUT2D eigenvalue weighted by Gasteiger charge is -2.43. The molecular formula is C22H21ClINO10. The number of hydrogen-bond acceptors (Lipinski definition) is 11. The van der Waals surface area contributed by atoms with Crippen molar-refractivity contribution in [1.29, 1.82) is 0 Å². The molecule has 1 aromatic carbocycles. The van der Waals surface area contributed by atoms with Crippen molar-refractivity contribution in [3.63, 3.8) is 0 Å². The van der Waals surface area contributed by atoms with Gasteiger partial charge in [0, 0.05) is 39.3 Å². The number of carbonyl (C=O) groups is 4. The molecule has 2 aromatic rings. The van der Waals surface area contributed by atoms with E-state index in [2.05, 4.69) is 4.98 Å². The van der Waals surface area contributed by atoms with Crippen LogP contribution in [0.4, 0.5) is 0 Å². The Morgan fingerprint density at radius 1 is 0.886 bits per heavy atom. The molecule has 0 N–H and O–H groups in total. The number of pyridine rings is 1. The summed E-state index contributed by atoms with van der Waals surface area (Å²) in [6, 6.07) is 5.07. The molecule has 0 aliphatic carbocycles. The van der Waals surface area contributed by atoms with Gasteiger partial charge in [0.15, 0.2) is 11.9 Å². The Kier molecular flexibility index (Phi) is 8.72. The van der Waals surface area contributed by atoms with E-state index >= 15 is 0 Å². The Morgan fingerprint density at radius 2 is 1.43 bits per heavy atom. The smallest absolute Gasteiger partial charge is 0.305 e. The molecule has 1 aliphatic rings. The molecule has 1 aromatic heterocycles. The fraction of sp³-hybridized carbons (Fsp3) is 0.409. The van der Waals surface area contributed by atoms with E-state index in [-0.39, 0.29) is 5.75 Å². The largest absolute Gasteiger partial charge is 0.457 e. The highest BCUT2D eigenvalue weighted by atomic mass is 127. The number of carbonyl (C=O) groups excluding carboxylic acids is 4. The molecule has 1 saturated heterocycles. The zero-order chi connectivity index (χ0) is 25.9. The van der Waals surface area contributed by atoms with E-state index in [9.17, 15) is 19.2 Å². The highest BCUT2D eigenvalue weighted by Crippen LogP contribution is 2.38. The van der Waals surface area contributed by atoms with Crippen LogP contribution in [0.25, 0.3) is 10.9 Å². The van der Waals surface area contributed by atoms with Gasteiger partial charge in [0.05, 0.1) is 8.59 Å². The van der Waals surface area contributed by atoms with Crippen LogP contribution in [0, 0.1) is 3.57 Å². The van der Waals surface area contributed by atoms with Crippen LogP contribution in [-0.2, 0) is 42.9 Å². The molecule has 1 fully saturated rings. The first-order chi connectivity index (χ1) is 16.5. The monoisotopic (exact) mass is 621 g/mol. The predicted molar refractivity (Wildman–Crippen MR) is 127 cm³/mol. The van der Waals surface area contributed by atoms with Crippen LogP contribution in [0.5, 0.6) is 5.75 Å². The van der Waals surface area contributed by atoms with E-state index < -0.39 is 54.8 Å². The maximum Gasteiger partial charge on any atom is 0.305 e. The van der Waals surface area contributed by atoms with Crippen molar-refractivity contribution in [1.82, 2.24) is 4.98 Å². The first-order valence-electron chi connectivity index (χ1n) is 10.2. The predicted octanol–water partition coefficient (Wildman–Crippen LogP) is 2.91. The van der Waals surface area contributed by atoms with Crippen LogP contribution in [0.2, 0.25) is 5.02 Å². The Morgan fingerprint density at radius 3 is 2.00 bits per heavy atom. The van der Waals surface area contributed by atoms with E-state index in [0.717, 1.165) is 27.7 Å². The van der Waals surface area contributed by atoms with Gasteiger partial charge < -0.3 is 23.7 Å². The lowest BCUT2D eigenvalue weighted by atomic mass is 10.0. The minimum atomic E-state index is -1.55. The standard InChI is InChI=1S/C22H21ClINO10/c1-9(26)30-18-19(31-10(2)27)21(33-12(4)29)35-22(20(18)32-11(3)28)34-17-15(24)8-14(23)13-6-5-7-25-16(13)17/h5-8,18-22H,1-4H3. The van der Waals surface area contributed by atoms with Gasteiger partial charge >= 0.3 is 23.9 Å². The fourth-order valence-electron chi connectivity index (χ4n) is 3.47. The van der Waals surface area contributed by atoms with Crippen molar-refractivity contribution in [2.45, 2.75) is 58.6 Å². The van der Waals surface area contributed by atoms with Crippen LogP contribution in [0.15, 0.2) is 24.4 Å². The van der Waals surface area contributed by atoms with Gasteiger partial charge in [0.1, 0.15) is 5.52 Å². The third kappa shape index (κ3) is 6.49. The summed E-state index contributed by atoms with van der Waals surface area (Å²) < 4.78 is 33.6. The quantitative estimate of drug-likeness (QED) is 0.268. The molecule has 0 bridgehead atoms.